The van der Waals surface area contributed by atoms with Crippen molar-refractivity contribution in [3.8, 4) is 5.88 Å². The molecule has 1 amide bonds. The Kier molecular flexibility index (Phi) is 3.77. The first kappa shape index (κ1) is 12.6. The van der Waals surface area contributed by atoms with Gasteiger partial charge in [0.1, 0.15) is 6.61 Å². The van der Waals surface area contributed by atoms with Crippen LogP contribution in [0.1, 0.15) is 5.56 Å². The summed E-state index contributed by atoms with van der Waals surface area (Å²) < 4.78 is 4.92. The smallest absolute Gasteiger partial charge is 0.414 e. The Morgan fingerprint density at radius 3 is 2.79 bits per heavy atom. The lowest BCUT2D eigenvalue weighted by atomic mass is 10.2. The third-order valence-corrected chi connectivity index (χ3v) is 2.16. The van der Waals surface area contributed by atoms with Crippen LogP contribution in [0.2, 0.25) is 0 Å². The molecule has 0 aliphatic rings. The van der Waals surface area contributed by atoms with Crippen molar-refractivity contribution in [3.05, 3.63) is 52.3 Å². The highest BCUT2D eigenvalue weighted by Crippen LogP contribution is 2.04. The molecule has 7 heteroatoms. The molecule has 0 radical (unpaired) electrons. The van der Waals surface area contributed by atoms with Crippen LogP contribution in [0.4, 0.5) is 10.7 Å². The monoisotopic (exact) mass is 261 g/mol. The number of rotatable bonds is 3. The van der Waals surface area contributed by atoms with Crippen molar-refractivity contribution in [1.29, 1.82) is 0 Å². The van der Waals surface area contributed by atoms with Crippen molar-refractivity contribution in [3.63, 3.8) is 0 Å². The van der Waals surface area contributed by atoms with E-state index in [0.29, 0.717) is 0 Å². The van der Waals surface area contributed by atoms with Gasteiger partial charge in [0, 0.05) is 0 Å². The highest BCUT2D eigenvalue weighted by molar-refractivity contribution is 5.82. The molecule has 2 aromatic rings. The van der Waals surface area contributed by atoms with Gasteiger partial charge in [-0.15, -0.1) is 0 Å². The number of nitrogens with one attached hydrogen (secondary N) is 2. The van der Waals surface area contributed by atoms with Crippen LogP contribution < -0.4 is 10.9 Å². The molecule has 0 saturated heterocycles. The lowest BCUT2D eigenvalue weighted by molar-refractivity contribution is 0.155. The summed E-state index contributed by atoms with van der Waals surface area (Å²) >= 11 is 0. The number of hydrogen-bond acceptors (Lipinski definition) is 5. The van der Waals surface area contributed by atoms with E-state index in [2.05, 4.69) is 15.3 Å². The summed E-state index contributed by atoms with van der Waals surface area (Å²) in [7, 11) is 0. The second-order valence-electron chi connectivity index (χ2n) is 3.64. The van der Waals surface area contributed by atoms with Crippen LogP contribution in [-0.4, -0.2) is 21.2 Å². The van der Waals surface area contributed by atoms with Crippen molar-refractivity contribution < 1.29 is 14.6 Å². The number of benzene rings is 1. The molecule has 0 spiro atoms. The van der Waals surface area contributed by atoms with Gasteiger partial charge in [-0.3, -0.25) is 15.1 Å². The van der Waals surface area contributed by atoms with Crippen molar-refractivity contribution >= 4 is 12.0 Å². The number of hydrogen-bond donors (Lipinski definition) is 3. The quantitative estimate of drug-likeness (QED) is 0.770. The van der Waals surface area contributed by atoms with Gasteiger partial charge in [-0.25, -0.2) is 4.79 Å². The van der Waals surface area contributed by atoms with E-state index < -0.39 is 17.5 Å². The largest absolute Gasteiger partial charge is 0.493 e. The van der Waals surface area contributed by atoms with E-state index in [0.717, 1.165) is 11.6 Å². The normalized spacial score (nSPS) is 9.89. The first-order chi connectivity index (χ1) is 9.13. The minimum absolute atomic E-state index is 0.0930. The molecule has 0 aliphatic carbocycles. The Bertz CT molecular complexity index is 624. The van der Waals surface area contributed by atoms with Gasteiger partial charge >= 0.3 is 6.09 Å². The Morgan fingerprint density at radius 2 is 2.11 bits per heavy atom. The van der Waals surface area contributed by atoms with Crippen LogP contribution >= 0.6 is 0 Å². The van der Waals surface area contributed by atoms with Gasteiger partial charge in [-0.1, -0.05) is 30.3 Å². The molecule has 0 fully saturated rings. The highest BCUT2D eigenvalue weighted by Gasteiger charge is 2.06. The molecule has 3 N–H and O–H groups in total. The van der Waals surface area contributed by atoms with Gasteiger partial charge in [0.2, 0.25) is 11.8 Å². The fourth-order valence-corrected chi connectivity index (χ4v) is 1.36. The number of nitrogens with zero attached hydrogens (tertiary/aromatic N) is 1. The van der Waals surface area contributed by atoms with Gasteiger partial charge in [-0.2, -0.15) is 4.98 Å². The van der Waals surface area contributed by atoms with Gasteiger partial charge < -0.3 is 9.84 Å². The summed E-state index contributed by atoms with van der Waals surface area (Å²) in [6.07, 6.45) is -0.780. The molecule has 1 aromatic carbocycles. The number of ether oxygens (including phenoxy) is 1. The molecule has 98 valence electrons. The summed E-state index contributed by atoms with van der Waals surface area (Å²) in [6, 6.07) is 10.0. The van der Waals surface area contributed by atoms with Gasteiger partial charge in [0.05, 0.1) is 6.07 Å². The van der Waals surface area contributed by atoms with Crippen LogP contribution in [0.25, 0.3) is 0 Å². The summed E-state index contributed by atoms with van der Waals surface area (Å²) in [5.41, 5.74) is 0.251. The summed E-state index contributed by atoms with van der Waals surface area (Å²) in [6.45, 7) is 0.0930. The second kappa shape index (κ2) is 5.67. The van der Waals surface area contributed by atoms with E-state index in [4.69, 9.17) is 9.84 Å². The SMILES string of the molecule is O=C(Nc1nc(O)cc(=O)[nH]1)OCc1ccccc1. The van der Waals surface area contributed by atoms with Gasteiger partial charge in [-0.05, 0) is 5.56 Å². The summed E-state index contributed by atoms with van der Waals surface area (Å²) in [5, 5.41) is 11.3. The average molecular weight is 261 g/mol. The predicted molar refractivity (Wildman–Crippen MR) is 66.8 cm³/mol. The first-order valence-corrected chi connectivity index (χ1v) is 5.41. The van der Waals surface area contributed by atoms with Crippen LogP contribution in [-0.2, 0) is 11.3 Å². The zero-order valence-corrected chi connectivity index (χ0v) is 9.79. The third kappa shape index (κ3) is 3.84. The maximum absolute atomic E-state index is 11.4. The first-order valence-electron chi connectivity index (χ1n) is 5.41. The average Bonchev–Trinajstić information content (AvgIpc) is 2.36. The molecule has 0 unspecified atom stereocenters. The fraction of sp³-hybridized carbons (Fsp3) is 0.0833. The fourth-order valence-electron chi connectivity index (χ4n) is 1.36. The Hall–Kier alpha value is -2.83. The minimum atomic E-state index is -0.780. The van der Waals surface area contributed by atoms with Crippen molar-refractivity contribution in [2.24, 2.45) is 0 Å². The number of H-pyrrole nitrogens is 1. The Morgan fingerprint density at radius 1 is 1.37 bits per heavy atom. The summed E-state index contributed by atoms with van der Waals surface area (Å²) in [5.74, 6) is -0.662. The molecule has 0 saturated carbocycles. The molecule has 0 bridgehead atoms. The van der Waals surface area contributed by atoms with E-state index in [9.17, 15) is 9.59 Å². The van der Waals surface area contributed by atoms with E-state index >= 15 is 0 Å². The molecule has 1 heterocycles. The number of carbonyl (C=O) groups is 1. The Labute approximate surface area is 107 Å². The van der Waals surface area contributed by atoms with Crippen LogP contribution in [0.15, 0.2) is 41.2 Å². The van der Waals surface area contributed by atoms with Crippen molar-refractivity contribution in [2.75, 3.05) is 5.32 Å². The van der Waals surface area contributed by atoms with Gasteiger partial charge in [0.25, 0.3) is 5.56 Å². The molecular formula is C12H11N3O4. The maximum atomic E-state index is 11.4. The van der Waals surface area contributed by atoms with Crippen LogP contribution in [0.5, 0.6) is 5.88 Å². The predicted octanol–water partition coefficient (Wildman–Crippen LogP) is 1.22. The lowest BCUT2D eigenvalue weighted by Crippen LogP contribution is -2.18. The molecule has 0 atom stereocenters. The van der Waals surface area contributed by atoms with Crippen molar-refractivity contribution in [1.82, 2.24) is 9.97 Å². The minimum Gasteiger partial charge on any atom is -0.493 e. The lowest BCUT2D eigenvalue weighted by Gasteiger charge is -2.06. The highest BCUT2D eigenvalue weighted by atomic mass is 16.5. The van der Waals surface area contributed by atoms with E-state index in [1.807, 2.05) is 30.3 Å². The number of aromatic hydroxyl groups is 1. The standard InChI is InChI=1S/C12H11N3O4/c16-9-6-10(17)14-11(13-9)15-12(18)19-7-8-4-2-1-3-5-8/h1-6H,7H2,(H3,13,14,15,16,17,18). The van der Waals surface area contributed by atoms with Gasteiger partial charge in [0.15, 0.2) is 0 Å². The molecule has 19 heavy (non-hydrogen) atoms. The van der Waals surface area contributed by atoms with E-state index in [-0.39, 0.29) is 12.6 Å². The van der Waals surface area contributed by atoms with Crippen molar-refractivity contribution in [2.45, 2.75) is 6.61 Å². The van der Waals surface area contributed by atoms with E-state index in [1.165, 1.54) is 0 Å². The summed E-state index contributed by atoms with van der Waals surface area (Å²) in [4.78, 5) is 28.2. The third-order valence-electron chi connectivity index (χ3n) is 2.16. The molecule has 7 nitrogen and oxygen atoms in total. The topological polar surface area (TPSA) is 104 Å². The molecule has 0 aliphatic heterocycles. The van der Waals surface area contributed by atoms with Crippen LogP contribution in [0.3, 0.4) is 0 Å². The molecular weight excluding hydrogens is 250 g/mol. The number of amides is 1. The number of carbonyl (C=O) groups excluding carboxylic acids is 1. The Balaban J connectivity index is 1.92. The number of aromatic nitrogens is 2. The molecule has 1 aromatic heterocycles. The zero-order chi connectivity index (χ0) is 13.7. The van der Waals surface area contributed by atoms with E-state index in [1.54, 1.807) is 0 Å². The second-order valence-corrected chi connectivity index (χ2v) is 3.64. The number of aromatic amines is 1. The maximum Gasteiger partial charge on any atom is 0.414 e. The number of anilines is 1. The van der Waals surface area contributed by atoms with Crippen LogP contribution in [0, 0.1) is 0 Å². The molecule has 2 rings (SSSR count). The zero-order valence-electron chi connectivity index (χ0n) is 9.79.